The van der Waals surface area contributed by atoms with Gasteiger partial charge in [0.1, 0.15) is 11.9 Å². The van der Waals surface area contributed by atoms with Crippen molar-refractivity contribution in [1.29, 1.82) is 0 Å². The lowest BCUT2D eigenvalue weighted by Crippen LogP contribution is -2.36. The number of ether oxygens (including phenoxy) is 1. The summed E-state index contributed by atoms with van der Waals surface area (Å²) in [6.45, 7) is 1.96. The Labute approximate surface area is 142 Å². The molecule has 9 heteroatoms. The first-order chi connectivity index (χ1) is 9.85. The second kappa shape index (κ2) is 6.71. The first-order valence-corrected chi connectivity index (χ1v) is 8.06. The van der Waals surface area contributed by atoms with E-state index in [1.54, 1.807) is 24.1 Å². The number of nitrogens with zero attached hydrogens (tertiary/aromatic N) is 2. The molecule has 1 saturated heterocycles. The highest BCUT2D eigenvalue weighted by Gasteiger charge is 2.41. The van der Waals surface area contributed by atoms with E-state index >= 15 is 0 Å². The Morgan fingerprint density at radius 1 is 1.33 bits per heavy atom. The molecule has 1 aromatic rings. The summed E-state index contributed by atoms with van der Waals surface area (Å²) < 4.78 is 4.74. The van der Waals surface area contributed by atoms with Crippen LogP contribution in [-0.2, 0) is 0 Å². The Kier molecular flexibility index (Phi) is 5.38. The smallest absolute Gasteiger partial charge is 0.350 e. The van der Waals surface area contributed by atoms with Crippen molar-refractivity contribution in [3.8, 4) is 5.75 Å². The largest absolute Gasteiger partial charge is 0.497 e. The molecule has 1 N–H and O–H groups in total. The summed E-state index contributed by atoms with van der Waals surface area (Å²) in [5, 5.41) is 0. The van der Waals surface area contributed by atoms with E-state index in [4.69, 9.17) is 39.5 Å². The van der Waals surface area contributed by atoms with E-state index in [-0.39, 0.29) is 12.2 Å². The van der Waals surface area contributed by atoms with Gasteiger partial charge in [0.25, 0.3) is 3.12 Å². The standard InChI is InChI=1S/C12H14Cl3N3O2S/c1-3-10-16-18(21-12(13,14)15)11(19)17(10)8-4-6-9(20-2)7-5-8/h4-7,10,16H,3H2,1-2H3. The Hall–Kier alpha value is -0.530. The van der Waals surface area contributed by atoms with Crippen molar-refractivity contribution in [1.82, 2.24) is 9.84 Å². The predicted octanol–water partition coefficient (Wildman–Crippen LogP) is 4.15. The van der Waals surface area contributed by atoms with Crippen molar-refractivity contribution >= 4 is 58.5 Å². The molecule has 0 radical (unpaired) electrons. The zero-order valence-corrected chi connectivity index (χ0v) is 14.4. The molecular weight excluding hydrogens is 357 g/mol. The van der Waals surface area contributed by atoms with Crippen LogP contribution in [0.15, 0.2) is 24.3 Å². The van der Waals surface area contributed by atoms with Gasteiger partial charge < -0.3 is 4.74 Å². The number of amides is 2. The predicted molar refractivity (Wildman–Crippen MR) is 87.8 cm³/mol. The number of alkyl halides is 3. The molecule has 2 rings (SSSR count). The van der Waals surface area contributed by atoms with Crippen LogP contribution in [0, 0.1) is 0 Å². The molecule has 1 unspecified atom stereocenters. The maximum absolute atomic E-state index is 12.5. The molecule has 0 aliphatic carbocycles. The van der Waals surface area contributed by atoms with Crippen LogP contribution in [-0.4, -0.2) is 26.8 Å². The van der Waals surface area contributed by atoms with E-state index in [0.29, 0.717) is 6.42 Å². The summed E-state index contributed by atoms with van der Waals surface area (Å²) in [6, 6.07) is 6.92. The average molecular weight is 371 g/mol. The zero-order valence-electron chi connectivity index (χ0n) is 11.3. The molecular formula is C12H14Cl3N3O2S. The van der Waals surface area contributed by atoms with Crippen LogP contribution in [0.2, 0.25) is 0 Å². The van der Waals surface area contributed by atoms with Crippen molar-refractivity contribution in [2.75, 3.05) is 12.0 Å². The van der Waals surface area contributed by atoms with Crippen LogP contribution in [0.1, 0.15) is 13.3 Å². The van der Waals surface area contributed by atoms with Gasteiger partial charge in [0.2, 0.25) is 0 Å². The summed E-state index contributed by atoms with van der Waals surface area (Å²) in [7, 11) is 1.59. The first kappa shape index (κ1) is 16.8. The third-order valence-corrected chi connectivity index (χ3v) is 4.16. The van der Waals surface area contributed by atoms with Crippen molar-refractivity contribution in [2.24, 2.45) is 0 Å². The summed E-state index contributed by atoms with van der Waals surface area (Å²) in [5.41, 5.74) is 3.76. The van der Waals surface area contributed by atoms with Gasteiger partial charge in [0.15, 0.2) is 0 Å². The number of methoxy groups -OCH3 is 1. The number of benzene rings is 1. The molecule has 1 heterocycles. The van der Waals surface area contributed by atoms with Crippen molar-refractivity contribution in [2.45, 2.75) is 22.6 Å². The summed E-state index contributed by atoms with van der Waals surface area (Å²) in [4.78, 5) is 14.1. The van der Waals surface area contributed by atoms with Crippen LogP contribution in [0.5, 0.6) is 5.75 Å². The Morgan fingerprint density at radius 2 is 1.95 bits per heavy atom. The highest BCUT2D eigenvalue weighted by molar-refractivity contribution is 8.03. The van der Waals surface area contributed by atoms with Gasteiger partial charge in [0, 0.05) is 17.6 Å². The Morgan fingerprint density at radius 3 is 2.43 bits per heavy atom. The van der Waals surface area contributed by atoms with E-state index in [9.17, 15) is 4.79 Å². The number of rotatable bonds is 4. The molecule has 1 aromatic carbocycles. The lowest BCUT2D eigenvalue weighted by atomic mass is 10.2. The Bertz CT molecular complexity index is 509. The van der Waals surface area contributed by atoms with Gasteiger partial charge in [-0.05, 0) is 30.7 Å². The van der Waals surface area contributed by atoms with Crippen molar-refractivity contribution in [3.63, 3.8) is 0 Å². The second-order valence-corrected chi connectivity index (χ2v) is 8.35. The van der Waals surface area contributed by atoms with Crippen molar-refractivity contribution in [3.05, 3.63) is 24.3 Å². The first-order valence-electron chi connectivity index (χ1n) is 6.15. The summed E-state index contributed by atoms with van der Waals surface area (Å²) >= 11 is 18.0. The average Bonchev–Trinajstić information content (AvgIpc) is 2.73. The van der Waals surface area contributed by atoms with Gasteiger partial charge in [-0.1, -0.05) is 41.7 Å². The molecule has 0 saturated carbocycles. The van der Waals surface area contributed by atoms with Gasteiger partial charge in [-0.3, -0.25) is 4.90 Å². The number of halogens is 3. The van der Waals surface area contributed by atoms with E-state index < -0.39 is 3.12 Å². The van der Waals surface area contributed by atoms with E-state index in [1.807, 2.05) is 19.1 Å². The number of hydrogen-bond donors (Lipinski definition) is 1. The molecule has 1 aliphatic rings. The van der Waals surface area contributed by atoms with Gasteiger partial charge in [0.05, 0.1) is 7.11 Å². The third-order valence-electron chi connectivity index (χ3n) is 2.89. The van der Waals surface area contributed by atoms with E-state index in [0.717, 1.165) is 23.4 Å². The maximum atomic E-state index is 12.5. The fraction of sp³-hybridized carbons (Fsp3) is 0.417. The number of anilines is 1. The topological polar surface area (TPSA) is 44.8 Å². The van der Waals surface area contributed by atoms with Gasteiger partial charge in [-0.2, -0.15) is 9.84 Å². The minimum atomic E-state index is -1.61. The van der Waals surface area contributed by atoms with Crippen LogP contribution in [0.3, 0.4) is 0 Å². The highest BCUT2D eigenvalue weighted by atomic mass is 35.6. The van der Waals surface area contributed by atoms with Gasteiger partial charge in [-0.15, -0.1) is 0 Å². The minimum Gasteiger partial charge on any atom is -0.497 e. The van der Waals surface area contributed by atoms with E-state index in [1.165, 1.54) is 4.41 Å². The van der Waals surface area contributed by atoms with Gasteiger partial charge >= 0.3 is 6.03 Å². The molecule has 0 spiro atoms. The van der Waals surface area contributed by atoms with Crippen LogP contribution in [0.4, 0.5) is 10.5 Å². The molecule has 0 aromatic heterocycles. The van der Waals surface area contributed by atoms with E-state index in [2.05, 4.69) is 5.43 Å². The molecule has 1 atom stereocenters. The van der Waals surface area contributed by atoms with Gasteiger partial charge in [-0.25, -0.2) is 4.79 Å². The SMILES string of the molecule is CCC1NN(SC(Cl)(Cl)Cl)C(=O)N1c1ccc(OC)cc1. The monoisotopic (exact) mass is 369 g/mol. The summed E-state index contributed by atoms with van der Waals surface area (Å²) in [6.07, 6.45) is 0.500. The maximum Gasteiger partial charge on any atom is 0.350 e. The van der Waals surface area contributed by atoms with Crippen molar-refractivity contribution < 1.29 is 9.53 Å². The van der Waals surface area contributed by atoms with Crippen LogP contribution >= 0.6 is 46.8 Å². The summed E-state index contributed by atoms with van der Waals surface area (Å²) in [5.74, 6) is 0.721. The number of nitrogens with one attached hydrogen (secondary N) is 1. The quantitative estimate of drug-likeness (QED) is 0.638. The fourth-order valence-corrected chi connectivity index (χ4v) is 3.12. The molecule has 0 bridgehead atoms. The molecule has 21 heavy (non-hydrogen) atoms. The second-order valence-electron chi connectivity index (χ2n) is 4.24. The van der Waals surface area contributed by atoms with Crippen LogP contribution < -0.4 is 15.1 Å². The molecule has 1 aliphatic heterocycles. The fourth-order valence-electron chi connectivity index (χ4n) is 1.96. The molecule has 116 valence electrons. The molecule has 5 nitrogen and oxygen atoms in total. The lowest BCUT2D eigenvalue weighted by molar-refractivity contribution is 0.236. The molecule has 1 fully saturated rings. The number of hydrogen-bond acceptors (Lipinski definition) is 4. The number of carbonyl (C=O) groups excluding carboxylic acids is 1. The zero-order chi connectivity index (χ0) is 15.6. The Balaban J connectivity index is 2.22. The van der Waals surface area contributed by atoms with Crippen LogP contribution in [0.25, 0.3) is 0 Å². The number of urea groups is 1. The lowest BCUT2D eigenvalue weighted by Gasteiger charge is -2.21. The normalized spacial score (nSPS) is 19.3. The number of carbonyl (C=O) groups is 1. The molecule has 2 amide bonds. The minimum absolute atomic E-state index is 0.203. The highest BCUT2D eigenvalue weighted by Crippen LogP contribution is 2.42. The third kappa shape index (κ3) is 4.02. The number of hydrazine groups is 1.